The average molecular weight is 251 g/mol. The molecule has 2 rings (SSSR count). The van der Waals surface area contributed by atoms with Crippen LogP contribution in [0.1, 0.15) is 12.5 Å². The number of esters is 1. The molecule has 2 N–H and O–H groups in total. The molecule has 0 aromatic heterocycles. The highest BCUT2D eigenvalue weighted by Crippen LogP contribution is 2.30. The van der Waals surface area contributed by atoms with Gasteiger partial charge < -0.3 is 19.9 Å². The number of benzene rings is 1. The Morgan fingerprint density at radius 2 is 2.11 bits per heavy atom. The van der Waals surface area contributed by atoms with E-state index in [1.165, 1.54) is 0 Å². The van der Waals surface area contributed by atoms with Gasteiger partial charge in [0.25, 0.3) is 0 Å². The zero-order chi connectivity index (χ0) is 13.0. The Hall–Kier alpha value is -1.75. The Labute approximate surface area is 106 Å². The highest BCUT2D eigenvalue weighted by Gasteiger charge is 2.17. The minimum Gasteiger partial charge on any atom is -0.486 e. The summed E-state index contributed by atoms with van der Waals surface area (Å²) in [5, 5.41) is 0. The van der Waals surface area contributed by atoms with E-state index in [9.17, 15) is 4.79 Å². The van der Waals surface area contributed by atoms with Crippen molar-refractivity contribution in [3.8, 4) is 11.5 Å². The van der Waals surface area contributed by atoms with Gasteiger partial charge in [0.05, 0.1) is 6.61 Å². The van der Waals surface area contributed by atoms with Gasteiger partial charge in [-0.25, -0.2) is 0 Å². The smallest absolute Gasteiger partial charge is 0.323 e. The third-order valence-electron chi connectivity index (χ3n) is 2.65. The van der Waals surface area contributed by atoms with Gasteiger partial charge in [0, 0.05) is 0 Å². The molecule has 0 amide bonds. The van der Waals surface area contributed by atoms with Crippen molar-refractivity contribution in [2.24, 2.45) is 5.73 Å². The molecule has 0 bridgehead atoms. The van der Waals surface area contributed by atoms with Crippen LogP contribution in [0.3, 0.4) is 0 Å². The minimum absolute atomic E-state index is 0.341. The molecule has 5 nitrogen and oxygen atoms in total. The van der Waals surface area contributed by atoms with E-state index in [0.29, 0.717) is 32.0 Å². The van der Waals surface area contributed by atoms with Gasteiger partial charge >= 0.3 is 5.97 Å². The molecule has 1 aliphatic rings. The topological polar surface area (TPSA) is 70.8 Å². The Morgan fingerprint density at radius 3 is 2.83 bits per heavy atom. The Bertz CT molecular complexity index is 433. The van der Waals surface area contributed by atoms with E-state index in [-0.39, 0.29) is 5.97 Å². The zero-order valence-electron chi connectivity index (χ0n) is 10.3. The first-order chi connectivity index (χ1) is 8.70. The van der Waals surface area contributed by atoms with Crippen LogP contribution in [0.25, 0.3) is 0 Å². The Balaban J connectivity index is 2.03. The van der Waals surface area contributed by atoms with Gasteiger partial charge in [0.15, 0.2) is 11.5 Å². The summed E-state index contributed by atoms with van der Waals surface area (Å²) < 4.78 is 15.8. The number of nitrogens with two attached hydrogens (primary N) is 1. The number of carbonyl (C=O) groups is 1. The standard InChI is InChI=1S/C13H17NO4/c1-2-16-13(15)10(14)7-9-3-4-11-12(8-9)18-6-5-17-11/h3-4,8,10H,2,5-7,14H2,1H3/t10-/m0/s1. The quantitative estimate of drug-likeness (QED) is 0.805. The lowest BCUT2D eigenvalue weighted by atomic mass is 10.1. The van der Waals surface area contributed by atoms with E-state index < -0.39 is 6.04 Å². The number of hydrogen-bond donors (Lipinski definition) is 1. The van der Waals surface area contributed by atoms with Crippen molar-refractivity contribution < 1.29 is 19.0 Å². The molecule has 0 unspecified atom stereocenters. The van der Waals surface area contributed by atoms with Crippen LogP contribution in [0.15, 0.2) is 18.2 Å². The van der Waals surface area contributed by atoms with Crippen LogP contribution in [0, 0.1) is 0 Å². The number of ether oxygens (including phenoxy) is 3. The van der Waals surface area contributed by atoms with Crippen LogP contribution in [0.4, 0.5) is 0 Å². The normalized spacial score (nSPS) is 15.0. The molecule has 18 heavy (non-hydrogen) atoms. The fourth-order valence-electron chi connectivity index (χ4n) is 1.80. The van der Waals surface area contributed by atoms with Gasteiger partial charge in [0.2, 0.25) is 0 Å². The highest BCUT2D eigenvalue weighted by molar-refractivity contribution is 5.75. The lowest BCUT2D eigenvalue weighted by molar-refractivity contribution is -0.144. The molecule has 5 heteroatoms. The van der Waals surface area contributed by atoms with Gasteiger partial charge in [-0.3, -0.25) is 4.79 Å². The first kappa shape index (κ1) is 12.7. The molecular formula is C13H17NO4. The predicted octanol–water partition coefficient (Wildman–Crippen LogP) is 0.891. The fourth-order valence-corrected chi connectivity index (χ4v) is 1.80. The number of rotatable bonds is 4. The van der Waals surface area contributed by atoms with Crippen LogP contribution >= 0.6 is 0 Å². The molecule has 0 radical (unpaired) electrons. The van der Waals surface area contributed by atoms with Gasteiger partial charge in [-0.1, -0.05) is 6.07 Å². The number of carbonyl (C=O) groups excluding carboxylic acids is 1. The van der Waals surface area contributed by atoms with Crippen LogP contribution in [0.2, 0.25) is 0 Å². The molecule has 0 saturated carbocycles. The molecule has 0 saturated heterocycles. The summed E-state index contributed by atoms with van der Waals surface area (Å²) >= 11 is 0. The average Bonchev–Trinajstić information content (AvgIpc) is 2.39. The van der Waals surface area contributed by atoms with Crippen LogP contribution in [0.5, 0.6) is 11.5 Å². The number of fused-ring (bicyclic) bond motifs is 1. The molecule has 1 heterocycles. The third-order valence-corrected chi connectivity index (χ3v) is 2.65. The van der Waals surface area contributed by atoms with Crippen LogP contribution in [-0.2, 0) is 16.0 Å². The first-order valence-electron chi connectivity index (χ1n) is 6.01. The molecule has 0 spiro atoms. The van der Waals surface area contributed by atoms with E-state index in [1.54, 1.807) is 6.92 Å². The maximum atomic E-state index is 11.4. The minimum atomic E-state index is -0.646. The Kier molecular flexibility index (Phi) is 4.04. The predicted molar refractivity (Wildman–Crippen MR) is 65.7 cm³/mol. The lowest BCUT2D eigenvalue weighted by Gasteiger charge is -2.19. The fraction of sp³-hybridized carbons (Fsp3) is 0.462. The summed E-state index contributed by atoms with van der Waals surface area (Å²) in [6.45, 7) is 3.21. The van der Waals surface area contributed by atoms with Crippen molar-refractivity contribution in [2.45, 2.75) is 19.4 Å². The molecular weight excluding hydrogens is 234 g/mol. The van der Waals surface area contributed by atoms with E-state index in [4.69, 9.17) is 19.9 Å². The van der Waals surface area contributed by atoms with Crippen LogP contribution in [-0.4, -0.2) is 31.8 Å². The monoisotopic (exact) mass is 251 g/mol. The van der Waals surface area contributed by atoms with Crippen molar-refractivity contribution in [1.29, 1.82) is 0 Å². The largest absolute Gasteiger partial charge is 0.486 e. The van der Waals surface area contributed by atoms with Crippen molar-refractivity contribution in [3.63, 3.8) is 0 Å². The van der Waals surface area contributed by atoms with Crippen molar-refractivity contribution in [1.82, 2.24) is 0 Å². The van der Waals surface area contributed by atoms with E-state index in [0.717, 1.165) is 11.3 Å². The van der Waals surface area contributed by atoms with Crippen molar-refractivity contribution in [3.05, 3.63) is 23.8 Å². The summed E-state index contributed by atoms with van der Waals surface area (Å²) in [6, 6.07) is 4.93. The second-order valence-electron chi connectivity index (χ2n) is 4.04. The first-order valence-corrected chi connectivity index (χ1v) is 6.01. The van der Waals surface area contributed by atoms with E-state index in [1.807, 2.05) is 18.2 Å². The second-order valence-corrected chi connectivity index (χ2v) is 4.04. The summed E-state index contributed by atoms with van der Waals surface area (Å²) in [7, 11) is 0. The lowest BCUT2D eigenvalue weighted by Crippen LogP contribution is -2.34. The molecule has 1 aromatic rings. The van der Waals surface area contributed by atoms with E-state index >= 15 is 0 Å². The molecule has 0 aliphatic carbocycles. The molecule has 1 aliphatic heterocycles. The van der Waals surface area contributed by atoms with Crippen molar-refractivity contribution >= 4 is 5.97 Å². The third kappa shape index (κ3) is 2.92. The summed E-state index contributed by atoms with van der Waals surface area (Å²) in [5.74, 6) is 1.05. The summed E-state index contributed by atoms with van der Waals surface area (Å²) in [6.07, 6.45) is 0.426. The molecule has 1 atom stereocenters. The van der Waals surface area contributed by atoms with Gasteiger partial charge in [-0.2, -0.15) is 0 Å². The summed E-state index contributed by atoms with van der Waals surface area (Å²) in [5.41, 5.74) is 6.70. The van der Waals surface area contributed by atoms with Gasteiger partial charge in [-0.15, -0.1) is 0 Å². The van der Waals surface area contributed by atoms with Gasteiger partial charge in [-0.05, 0) is 31.0 Å². The van der Waals surface area contributed by atoms with E-state index in [2.05, 4.69) is 0 Å². The second kappa shape index (κ2) is 5.73. The highest BCUT2D eigenvalue weighted by atomic mass is 16.6. The van der Waals surface area contributed by atoms with Crippen molar-refractivity contribution in [2.75, 3.05) is 19.8 Å². The maximum Gasteiger partial charge on any atom is 0.323 e. The number of hydrogen-bond acceptors (Lipinski definition) is 5. The SMILES string of the molecule is CCOC(=O)[C@@H](N)Cc1ccc2c(c1)OCCO2. The maximum absolute atomic E-state index is 11.4. The Morgan fingerprint density at radius 1 is 1.39 bits per heavy atom. The summed E-state index contributed by atoms with van der Waals surface area (Å²) in [4.78, 5) is 11.4. The van der Waals surface area contributed by atoms with Crippen LogP contribution < -0.4 is 15.2 Å². The molecule has 0 fully saturated rings. The molecule has 98 valence electrons. The molecule has 1 aromatic carbocycles. The zero-order valence-corrected chi connectivity index (χ0v) is 10.3. The van der Waals surface area contributed by atoms with Gasteiger partial charge in [0.1, 0.15) is 19.3 Å².